The van der Waals surface area contributed by atoms with Crippen LogP contribution in [0.2, 0.25) is 0 Å². The van der Waals surface area contributed by atoms with E-state index in [9.17, 15) is 10.1 Å². The Kier molecular flexibility index (Phi) is 7.11. The molecule has 1 aliphatic carbocycles. The van der Waals surface area contributed by atoms with Crippen LogP contribution >= 0.6 is 11.8 Å². The zero-order chi connectivity index (χ0) is 19.9. The third-order valence-electron chi connectivity index (χ3n) is 5.12. The number of aromatic nitrogens is 1. The van der Waals surface area contributed by atoms with Crippen LogP contribution in [0, 0.1) is 18.3 Å². The van der Waals surface area contributed by atoms with Gasteiger partial charge in [0.25, 0.3) is 0 Å². The number of nitriles is 1. The Morgan fingerprint density at radius 3 is 2.61 bits per heavy atom. The van der Waals surface area contributed by atoms with Gasteiger partial charge in [0.1, 0.15) is 11.1 Å². The number of pyridine rings is 1. The molecule has 0 spiro atoms. The SMILES string of the molecule is CCC(Sc1nc2c(cc1C#N)CCCCCC2)C(=O)Nc1ccc(C)cc1. The van der Waals surface area contributed by atoms with Crippen LogP contribution < -0.4 is 5.32 Å². The minimum absolute atomic E-state index is 0.0474. The van der Waals surface area contributed by atoms with E-state index in [0.29, 0.717) is 17.0 Å². The first kappa shape index (κ1) is 20.4. The monoisotopic (exact) mass is 393 g/mol. The molecule has 146 valence electrons. The lowest BCUT2D eigenvalue weighted by atomic mass is 9.96. The third-order valence-corrected chi connectivity index (χ3v) is 6.49. The molecule has 0 aliphatic heterocycles. The van der Waals surface area contributed by atoms with E-state index in [1.807, 2.05) is 44.2 Å². The van der Waals surface area contributed by atoms with Gasteiger partial charge in [-0.15, -0.1) is 0 Å². The number of nitrogens with zero attached hydrogens (tertiary/aromatic N) is 2. The van der Waals surface area contributed by atoms with Crippen molar-refractivity contribution in [2.45, 2.75) is 69.1 Å². The van der Waals surface area contributed by atoms with E-state index >= 15 is 0 Å². The van der Waals surface area contributed by atoms with E-state index in [1.165, 1.54) is 30.2 Å². The van der Waals surface area contributed by atoms with Crippen LogP contribution in [0.4, 0.5) is 5.69 Å². The molecule has 0 saturated heterocycles. The number of rotatable bonds is 5. The highest BCUT2D eigenvalue weighted by Crippen LogP contribution is 2.31. The van der Waals surface area contributed by atoms with Gasteiger partial charge in [-0.1, -0.05) is 49.2 Å². The summed E-state index contributed by atoms with van der Waals surface area (Å²) in [4.78, 5) is 17.6. The largest absolute Gasteiger partial charge is 0.325 e. The Morgan fingerprint density at radius 1 is 1.21 bits per heavy atom. The molecule has 1 aromatic carbocycles. The summed E-state index contributed by atoms with van der Waals surface area (Å²) < 4.78 is 0. The summed E-state index contributed by atoms with van der Waals surface area (Å²) in [6.45, 7) is 4.01. The molecule has 0 radical (unpaired) electrons. The fourth-order valence-electron chi connectivity index (χ4n) is 3.45. The van der Waals surface area contributed by atoms with E-state index in [2.05, 4.69) is 11.4 Å². The van der Waals surface area contributed by atoms with E-state index in [0.717, 1.165) is 42.6 Å². The van der Waals surface area contributed by atoms with Gasteiger partial charge in [0.2, 0.25) is 5.91 Å². The maximum atomic E-state index is 12.8. The average molecular weight is 394 g/mol. The third kappa shape index (κ3) is 5.14. The number of hydrogen-bond acceptors (Lipinski definition) is 4. The maximum Gasteiger partial charge on any atom is 0.237 e. The van der Waals surface area contributed by atoms with Crippen LogP contribution in [0.15, 0.2) is 35.4 Å². The first-order valence-corrected chi connectivity index (χ1v) is 11.0. The summed E-state index contributed by atoms with van der Waals surface area (Å²) >= 11 is 1.41. The molecule has 1 unspecified atom stereocenters. The number of aryl methyl sites for hydroxylation is 3. The molecule has 1 aromatic heterocycles. The van der Waals surface area contributed by atoms with Crippen LogP contribution in [0.25, 0.3) is 0 Å². The molecule has 5 heteroatoms. The lowest BCUT2D eigenvalue weighted by Crippen LogP contribution is -2.25. The zero-order valence-electron chi connectivity index (χ0n) is 16.6. The van der Waals surface area contributed by atoms with Crippen LogP contribution in [0.5, 0.6) is 0 Å². The van der Waals surface area contributed by atoms with Gasteiger partial charge in [-0.3, -0.25) is 4.79 Å². The molecule has 2 aromatic rings. The lowest BCUT2D eigenvalue weighted by molar-refractivity contribution is -0.115. The number of carbonyl (C=O) groups excluding carboxylic acids is 1. The summed E-state index contributed by atoms with van der Waals surface area (Å²) in [6, 6.07) is 12.1. The molecule has 0 bridgehead atoms. The molecule has 28 heavy (non-hydrogen) atoms. The first-order valence-electron chi connectivity index (χ1n) is 10.1. The fraction of sp³-hybridized carbons (Fsp3) is 0.435. The van der Waals surface area contributed by atoms with Crippen molar-refractivity contribution in [2.75, 3.05) is 5.32 Å². The van der Waals surface area contributed by atoms with Gasteiger partial charge in [-0.25, -0.2) is 4.98 Å². The van der Waals surface area contributed by atoms with Gasteiger partial charge in [0.05, 0.1) is 10.8 Å². The molecule has 1 N–H and O–H groups in total. The Hall–Kier alpha value is -2.32. The van der Waals surface area contributed by atoms with E-state index in [1.54, 1.807) is 0 Å². The van der Waals surface area contributed by atoms with Crippen molar-refractivity contribution < 1.29 is 4.79 Å². The summed E-state index contributed by atoms with van der Waals surface area (Å²) in [5.74, 6) is -0.0474. The molecule has 1 heterocycles. The summed E-state index contributed by atoms with van der Waals surface area (Å²) in [7, 11) is 0. The van der Waals surface area contributed by atoms with Gasteiger partial charge in [0, 0.05) is 11.4 Å². The van der Waals surface area contributed by atoms with Crippen LogP contribution in [0.3, 0.4) is 0 Å². The van der Waals surface area contributed by atoms with E-state index in [-0.39, 0.29) is 11.2 Å². The van der Waals surface area contributed by atoms with Crippen molar-refractivity contribution in [1.29, 1.82) is 5.26 Å². The van der Waals surface area contributed by atoms with Crippen molar-refractivity contribution >= 4 is 23.4 Å². The molecule has 1 amide bonds. The number of hydrogen-bond donors (Lipinski definition) is 1. The summed E-state index contributed by atoms with van der Waals surface area (Å²) in [6.07, 6.45) is 7.40. The Morgan fingerprint density at radius 2 is 1.93 bits per heavy atom. The predicted octanol–water partition coefficient (Wildman–Crippen LogP) is 5.43. The standard InChI is InChI=1S/C23H27N3OS/c1-3-21(22(27)25-19-12-10-16(2)11-13-19)28-23-18(15-24)14-17-8-6-4-5-7-9-20(17)26-23/h10-14,21H,3-9H2,1-2H3,(H,25,27). The second-order valence-corrected chi connectivity index (χ2v) is 8.53. The Labute approximate surface area is 171 Å². The quantitative estimate of drug-likeness (QED) is 0.688. The minimum atomic E-state index is -0.285. The number of amides is 1. The van der Waals surface area contributed by atoms with E-state index < -0.39 is 0 Å². The van der Waals surface area contributed by atoms with Crippen LogP contribution in [-0.2, 0) is 17.6 Å². The molecule has 3 rings (SSSR count). The highest BCUT2D eigenvalue weighted by Gasteiger charge is 2.22. The molecule has 0 fully saturated rings. The number of carbonyl (C=O) groups is 1. The number of fused-ring (bicyclic) bond motifs is 1. The highest BCUT2D eigenvalue weighted by molar-refractivity contribution is 8.00. The summed E-state index contributed by atoms with van der Waals surface area (Å²) in [5, 5.41) is 13.0. The normalized spacial score (nSPS) is 14.9. The fourth-order valence-corrected chi connectivity index (χ4v) is 4.45. The van der Waals surface area contributed by atoms with Crippen molar-refractivity contribution in [3.05, 3.63) is 52.7 Å². The minimum Gasteiger partial charge on any atom is -0.325 e. The topological polar surface area (TPSA) is 65.8 Å². The van der Waals surface area contributed by atoms with Gasteiger partial charge >= 0.3 is 0 Å². The van der Waals surface area contributed by atoms with Crippen LogP contribution in [-0.4, -0.2) is 16.1 Å². The second kappa shape index (κ2) is 9.75. The number of thioether (sulfide) groups is 1. The predicted molar refractivity (Wildman–Crippen MR) is 115 cm³/mol. The van der Waals surface area contributed by atoms with Gasteiger partial charge in [-0.05, 0) is 62.8 Å². The highest BCUT2D eigenvalue weighted by atomic mass is 32.2. The number of nitrogens with one attached hydrogen (secondary N) is 1. The van der Waals surface area contributed by atoms with Crippen molar-refractivity contribution in [3.63, 3.8) is 0 Å². The van der Waals surface area contributed by atoms with Gasteiger partial charge in [-0.2, -0.15) is 5.26 Å². The second-order valence-electron chi connectivity index (χ2n) is 7.34. The van der Waals surface area contributed by atoms with Crippen molar-refractivity contribution in [1.82, 2.24) is 4.98 Å². The lowest BCUT2D eigenvalue weighted by Gasteiger charge is -2.18. The van der Waals surface area contributed by atoms with E-state index in [4.69, 9.17) is 4.98 Å². The number of benzene rings is 1. The first-order chi connectivity index (χ1) is 13.6. The molecular weight excluding hydrogens is 366 g/mol. The van der Waals surface area contributed by atoms with Crippen molar-refractivity contribution in [2.24, 2.45) is 0 Å². The Bertz CT molecular complexity index is 871. The van der Waals surface area contributed by atoms with Crippen LogP contribution in [0.1, 0.15) is 61.4 Å². The maximum absolute atomic E-state index is 12.8. The molecule has 4 nitrogen and oxygen atoms in total. The van der Waals surface area contributed by atoms with Gasteiger partial charge in [0.15, 0.2) is 0 Å². The molecule has 1 aliphatic rings. The number of anilines is 1. The average Bonchev–Trinajstić information content (AvgIpc) is 2.68. The zero-order valence-corrected chi connectivity index (χ0v) is 17.4. The molecule has 0 saturated carbocycles. The Balaban J connectivity index is 1.79. The molecular formula is C23H27N3OS. The van der Waals surface area contributed by atoms with Crippen molar-refractivity contribution in [3.8, 4) is 6.07 Å². The molecule has 1 atom stereocenters. The smallest absolute Gasteiger partial charge is 0.237 e. The summed E-state index contributed by atoms with van der Waals surface area (Å²) in [5.41, 5.74) is 4.85. The van der Waals surface area contributed by atoms with Gasteiger partial charge < -0.3 is 5.32 Å².